The first-order valence-corrected chi connectivity index (χ1v) is 20.6. The molecule has 0 saturated heterocycles. The zero-order valence-corrected chi connectivity index (χ0v) is 32.9. The van der Waals surface area contributed by atoms with Gasteiger partial charge in [-0.3, -0.25) is 0 Å². The molecule has 0 amide bonds. The lowest BCUT2D eigenvalue weighted by Crippen LogP contribution is -1.92. The molecule has 1 nitrogen and oxygen atoms in total. The summed E-state index contributed by atoms with van der Waals surface area (Å²) in [6.07, 6.45) is 0. The van der Waals surface area contributed by atoms with Crippen molar-refractivity contribution in [3.8, 4) is 66.8 Å². The van der Waals surface area contributed by atoms with Gasteiger partial charge in [0, 0.05) is 28.4 Å². The molecule has 0 saturated carbocycles. The van der Waals surface area contributed by atoms with E-state index in [2.05, 4.69) is 230 Å². The van der Waals surface area contributed by atoms with E-state index in [-0.39, 0.29) is 0 Å². The van der Waals surface area contributed by atoms with Crippen LogP contribution in [0.2, 0.25) is 0 Å². The first kappa shape index (κ1) is 34.7. The molecule has 10 aromatic carbocycles. The Hall–Kier alpha value is -7.48. The van der Waals surface area contributed by atoms with Crippen LogP contribution in [0.3, 0.4) is 0 Å². The molecule has 11 rings (SSSR count). The van der Waals surface area contributed by atoms with Crippen molar-refractivity contribution in [2.75, 3.05) is 0 Å². The second kappa shape index (κ2) is 14.5. The Morgan fingerprint density at radius 1 is 0.254 bits per heavy atom. The van der Waals surface area contributed by atoms with Crippen LogP contribution in [0.4, 0.5) is 0 Å². The van der Waals surface area contributed by atoms with Crippen molar-refractivity contribution in [2.24, 2.45) is 0 Å². The van der Waals surface area contributed by atoms with Gasteiger partial charge in [0.2, 0.25) is 0 Å². The molecule has 11 aromatic rings. The highest BCUT2D eigenvalue weighted by atomic mass is 15.0. The van der Waals surface area contributed by atoms with Crippen molar-refractivity contribution in [1.82, 2.24) is 4.57 Å². The quantitative estimate of drug-likeness (QED) is 0.143. The van der Waals surface area contributed by atoms with Crippen molar-refractivity contribution in [3.05, 3.63) is 218 Å². The van der Waals surface area contributed by atoms with Gasteiger partial charge >= 0.3 is 0 Å². The van der Waals surface area contributed by atoms with Gasteiger partial charge in [-0.1, -0.05) is 200 Å². The van der Waals surface area contributed by atoms with Crippen molar-refractivity contribution in [3.63, 3.8) is 0 Å². The molecule has 0 atom stereocenters. The van der Waals surface area contributed by atoms with Gasteiger partial charge in [-0.25, -0.2) is 0 Å². The van der Waals surface area contributed by atoms with E-state index in [1.54, 1.807) is 0 Å². The molecule has 0 fully saturated rings. The average Bonchev–Trinajstić information content (AvgIpc) is 3.64. The fraction of sp³-hybridized carbons (Fsp3) is 0.0345. The largest absolute Gasteiger partial charge is 0.341 e. The standard InChI is InChI=1S/C58H41N/c1-2-59-55-19-11-10-14-49(55)54-38-48(36-37-56(54)59)45-26-24-42(25-27-45)44-30-34-47(35-31-44)58-52-17-8-6-15-50(52)57(51-16-7-9-18-53(51)58)46-32-28-43(29-33-46)41-22-20-40(21-23-41)39-12-4-3-5-13-39/h3-38H,2H2,1H3. The van der Waals surface area contributed by atoms with Crippen LogP contribution in [-0.2, 0) is 6.54 Å². The van der Waals surface area contributed by atoms with E-state index in [4.69, 9.17) is 0 Å². The number of hydrogen-bond acceptors (Lipinski definition) is 0. The third kappa shape index (κ3) is 6.02. The molecule has 0 bridgehead atoms. The summed E-state index contributed by atoms with van der Waals surface area (Å²) in [5.41, 5.74) is 17.4. The lowest BCUT2D eigenvalue weighted by Gasteiger charge is -2.18. The molecular weight excluding hydrogens is 711 g/mol. The van der Waals surface area contributed by atoms with Crippen LogP contribution < -0.4 is 0 Å². The summed E-state index contributed by atoms with van der Waals surface area (Å²) in [6, 6.07) is 80.2. The van der Waals surface area contributed by atoms with Crippen LogP contribution in [0.15, 0.2) is 218 Å². The second-order valence-corrected chi connectivity index (χ2v) is 15.5. The lowest BCUT2D eigenvalue weighted by atomic mass is 9.85. The summed E-state index contributed by atoms with van der Waals surface area (Å²) in [4.78, 5) is 0. The summed E-state index contributed by atoms with van der Waals surface area (Å²) < 4.78 is 2.41. The number of hydrogen-bond donors (Lipinski definition) is 0. The van der Waals surface area contributed by atoms with E-state index < -0.39 is 0 Å². The number of nitrogens with zero attached hydrogens (tertiary/aromatic N) is 1. The molecule has 0 aliphatic carbocycles. The highest BCUT2D eigenvalue weighted by Crippen LogP contribution is 2.44. The van der Waals surface area contributed by atoms with Crippen molar-refractivity contribution < 1.29 is 0 Å². The van der Waals surface area contributed by atoms with Gasteiger partial charge in [0.05, 0.1) is 0 Å². The first-order chi connectivity index (χ1) is 29.2. The zero-order chi connectivity index (χ0) is 39.3. The van der Waals surface area contributed by atoms with E-state index in [1.807, 2.05) is 0 Å². The average molecular weight is 752 g/mol. The fourth-order valence-electron chi connectivity index (χ4n) is 9.32. The molecule has 278 valence electrons. The Bertz CT molecular complexity index is 3240. The minimum atomic E-state index is 0.954. The molecule has 1 heterocycles. The lowest BCUT2D eigenvalue weighted by molar-refractivity contribution is 0.827. The number of fused-ring (bicyclic) bond motifs is 5. The molecule has 0 aliphatic rings. The van der Waals surface area contributed by atoms with Gasteiger partial charge < -0.3 is 4.57 Å². The maximum Gasteiger partial charge on any atom is 0.0491 e. The van der Waals surface area contributed by atoms with Gasteiger partial charge in [-0.15, -0.1) is 0 Å². The summed E-state index contributed by atoms with van der Waals surface area (Å²) >= 11 is 0. The third-order valence-electron chi connectivity index (χ3n) is 12.2. The Morgan fingerprint density at radius 2 is 0.559 bits per heavy atom. The fourth-order valence-corrected chi connectivity index (χ4v) is 9.32. The predicted molar refractivity (Wildman–Crippen MR) is 253 cm³/mol. The topological polar surface area (TPSA) is 4.93 Å². The molecule has 0 aliphatic heterocycles. The molecule has 0 N–H and O–H groups in total. The number of rotatable bonds is 7. The number of aromatic nitrogens is 1. The zero-order valence-electron chi connectivity index (χ0n) is 32.9. The summed E-state index contributed by atoms with van der Waals surface area (Å²) in [7, 11) is 0. The number of aryl methyl sites for hydroxylation is 1. The number of para-hydroxylation sites is 1. The molecule has 1 aromatic heterocycles. The maximum atomic E-state index is 2.41. The van der Waals surface area contributed by atoms with Crippen molar-refractivity contribution >= 4 is 43.4 Å². The minimum Gasteiger partial charge on any atom is -0.341 e. The molecule has 0 radical (unpaired) electrons. The first-order valence-electron chi connectivity index (χ1n) is 20.6. The van der Waals surface area contributed by atoms with E-state index in [0.717, 1.165) is 6.54 Å². The van der Waals surface area contributed by atoms with Gasteiger partial charge in [-0.2, -0.15) is 0 Å². The second-order valence-electron chi connectivity index (χ2n) is 15.5. The molecule has 0 unspecified atom stereocenters. The summed E-state index contributed by atoms with van der Waals surface area (Å²) in [5, 5.41) is 7.67. The normalized spacial score (nSPS) is 11.5. The van der Waals surface area contributed by atoms with Gasteiger partial charge in [0.1, 0.15) is 0 Å². The smallest absolute Gasteiger partial charge is 0.0491 e. The molecule has 0 spiro atoms. The van der Waals surface area contributed by atoms with Crippen LogP contribution in [0.5, 0.6) is 0 Å². The monoisotopic (exact) mass is 751 g/mol. The van der Waals surface area contributed by atoms with E-state index in [0.29, 0.717) is 0 Å². The van der Waals surface area contributed by atoms with Gasteiger partial charge in [0.25, 0.3) is 0 Å². The highest BCUT2D eigenvalue weighted by Gasteiger charge is 2.17. The SMILES string of the molecule is CCn1c2ccccc2c2cc(-c3ccc(-c4ccc(-c5c6ccccc6c(-c6ccc(-c7ccc(-c8ccccc8)cc7)cc6)c6ccccc56)cc4)cc3)ccc21. The van der Waals surface area contributed by atoms with Crippen LogP contribution in [0, 0.1) is 0 Å². The van der Waals surface area contributed by atoms with Gasteiger partial charge in [-0.05, 0) is 113 Å². The molecule has 59 heavy (non-hydrogen) atoms. The van der Waals surface area contributed by atoms with E-state index >= 15 is 0 Å². The summed E-state index contributed by atoms with van der Waals surface area (Å²) in [6.45, 7) is 3.18. The van der Waals surface area contributed by atoms with E-state index in [9.17, 15) is 0 Å². The van der Waals surface area contributed by atoms with Crippen LogP contribution in [0.25, 0.3) is 110 Å². The van der Waals surface area contributed by atoms with Crippen molar-refractivity contribution in [2.45, 2.75) is 13.5 Å². The Kier molecular flexibility index (Phi) is 8.52. The molecule has 1 heteroatoms. The third-order valence-corrected chi connectivity index (χ3v) is 12.2. The minimum absolute atomic E-state index is 0.954. The van der Waals surface area contributed by atoms with Crippen LogP contribution >= 0.6 is 0 Å². The van der Waals surface area contributed by atoms with Crippen LogP contribution in [-0.4, -0.2) is 4.57 Å². The number of benzene rings is 10. The Balaban J connectivity index is 0.916. The summed E-state index contributed by atoms with van der Waals surface area (Å²) in [5.74, 6) is 0. The van der Waals surface area contributed by atoms with Crippen molar-refractivity contribution in [1.29, 1.82) is 0 Å². The molecular formula is C58H41N. The van der Waals surface area contributed by atoms with E-state index in [1.165, 1.54) is 110 Å². The Labute approximate surface area is 345 Å². The highest BCUT2D eigenvalue weighted by molar-refractivity contribution is 6.21. The van der Waals surface area contributed by atoms with Gasteiger partial charge in [0.15, 0.2) is 0 Å². The maximum absolute atomic E-state index is 2.41. The van der Waals surface area contributed by atoms with Crippen LogP contribution in [0.1, 0.15) is 6.92 Å². The Morgan fingerprint density at radius 3 is 0.983 bits per heavy atom. The predicted octanol–water partition coefficient (Wildman–Crippen LogP) is 16.1.